The van der Waals surface area contributed by atoms with Crippen molar-refractivity contribution < 1.29 is 0 Å². The van der Waals surface area contributed by atoms with Gasteiger partial charge >= 0.3 is 0 Å². The number of rotatable bonds is 6. The molecule has 0 aliphatic heterocycles. The van der Waals surface area contributed by atoms with Crippen molar-refractivity contribution in [3.63, 3.8) is 0 Å². The zero-order valence-corrected chi connectivity index (χ0v) is 12.0. The van der Waals surface area contributed by atoms with Crippen LogP contribution in [0.1, 0.15) is 27.2 Å². The lowest BCUT2D eigenvalue weighted by molar-refractivity contribution is 0.372. The lowest BCUT2D eigenvalue weighted by Gasteiger charge is -2.29. The van der Waals surface area contributed by atoms with Crippen molar-refractivity contribution in [2.45, 2.75) is 33.2 Å². The number of guanidine groups is 1. The number of nitrogens with zero attached hydrogens (tertiary/aromatic N) is 2. The van der Waals surface area contributed by atoms with Crippen molar-refractivity contribution >= 4 is 17.7 Å². The molecule has 4 nitrogen and oxygen atoms in total. The van der Waals surface area contributed by atoms with E-state index in [1.807, 2.05) is 18.8 Å². The zero-order chi connectivity index (χ0) is 12.6. The number of hydrogen-bond donors (Lipinski definition) is 2. The molecule has 0 spiro atoms. The summed E-state index contributed by atoms with van der Waals surface area (Å²) in [4.78, 5) is 6.63. The molecule has 0 heterocycles. The fraction of sp³-hybridized carbons (Fsp3) is 0.909. The van der Waals surface area contributed by atoms with Crippen LogP contribution >= 0.6 is 11.8 Å². The minimum Gasteiger partial charge on any atom is -0.341 e. The number of hydrogen-bond acceptors (Lipinski definition) is 3. The third kappa shape index (κ3) is 5.61. The first-order valence-electron chi connectivity index (χ1n) is 5.79. The third-order valence-corrected chi connectivity index (χ3v) is 3.17. The van der Waals surface area contributed by atoms with Crippen molar-refractivity contribution in [1.29, 1.82) is 0 Å². The lowest BCUT2D eigenvalue weighted by Crippen LogP contribution is -2.48. The van der Waals surface area contributed by atoms with Gasteiger partial charge in [-0.05, 0) is 18.6 Å². The maximum atomic E-state index is 5.52. The first kappa shape index (κ1) is 15.6. The Morgan fingerprint density at radius 3 is 2.50 bits per heavy atom. The molecule has 5 heteroatoms. The molecule has 0 aromatic heterocycles. The number of aliphatic imine (C=N–C) groups is 1. The number of nitrogens with two attached hydrogens (primary N) is 1. The molecule has 1 atom stereocenters. The van der Waals surface area contributed by atoms with Crippen molar-refractivity contribution in [1.82, 2.24) is 10.3 Å². The third-order valence-electron chi connectivity index (χ3n) is 2.45. The molecule has 0 rings (SSSR count). The van der Waals surface area contributed by atoms with Gasteiger partial charge in [0.2, 0.25) is 5.96 Å². The summed E-state index contributed by atoms with van der Waals surface area (Å²) in [7, 11) is 2.05. The Labute approximate surface area is 104 Å². The normalized spacial score (nSPS) is 14.1. The SMILES string of the molecule is CCC(CSC)N(C)C(=NCC(C)C)NN. The van der Waals surface area contributed by atoms with Crippen LogP contribution in [0.5, 0.6) is 0 Å². The van der Waals surface area contributed by atoms with Gasteiger partial charge in [0.05, 0.1) is 0 Å². The van der Waals surface area contributed by atoms with Crippen molar-refractivity contribution in [2.75, 3.05) is 25.6 Å². The molecule has 0 bridgehead atoms. The highest BCUT2D eigenvalue weighted by atomic mass is 32.2. The van der Waals surface area contributed by atoms with E-state index >= 15 is 0 Å². The first-order chi connectivity index (χ1) is 7.56. The molecule has 3 N–H and O–H groups in total. The van der Waals surface area contributed by atoms with Gasteiger partial charge in [-0.15, -0.1) is 0 Å². The van der Waals surface area contributed by atoms with E-state index in [4.69, 9.17) is 5.84 Å². The summed E-state index contributed by atoms with van der Waals surface area (Å²) < 4.78 is 0. The Kier molecular flexibility index (Phi) is 8.47. The minimum atomic E-state index is 0.483. The monoisotopic (exact) mass is 246 g/mol. The van der Waals surface area contributed by atoms with Crippen LogP contribution in [-0.2, 0) is 0 Å². The second-order valence-electron chi connectivity index (χ2n) is 4.33. The van der Waals surface area contributed by atoms with E-state index in [0.717, 1.165) is 24.7 Å². The number of thioether (sulfide) groups is 1. The molecule has 0 aliphatic carbocycles. The molecule has 0 amide bonds. The van der Waals surface area contributed by atoms with E-state index in [1.54, 1.807) is 0 Å². The van der Waals surface area contributed by atoms with Crippen molar-refractivity contribution in [3.05, 3.63) is 0 Å². The van der Waals surface area contributed by atoms with Gasteiger partial charge in [-0.2, -0.15) is 11.8 Å². The highest BCUT2D eigenvalue weighted by molar-refractivity contribution is 7.98. The van der Waals surface area contributed by atoms with Crippen LogP contribution in [0.3, 0.4) is 0 Å². The highest BCUT2D eigenvalue weighted by Crippen LogP contribution is 2.08. The van der Waals surface area contributed by atoms with Crippen LogP contribution in [0.15, 0.2) is 4.99 Å². The molecule has 0 fully saturated rings. The van der Waals surface area contributed by atoms with Crippen LogP contribution in [0.4, 0.5) is 0 Å². The average molecular weight is 246 g/mol. The summed E-state index contributed by atoms with van der Waals surface area (Å²) in [6.45, 7) is 7.29. The van der Waals surface area contributed by atoms with Gasteiger partial charge in [0.1, 0.15) is 0 Å². The standard InChI is InChI=1S/C11H26N4S/c1-6-10(8-16-5)15(4)11(14-12)13-7-9(2)3/h9-10H,6-8,12H2,1-5H3,(H,13,14). The second-order valence-corrected chi connectivity index (χ2v) is 5.24. The fourth-order valence-electron chi connectivity index (χ4n) is 1.40. The molecule has 96 valence electrons. The zero-order valence-electron chi connectivity index (χ0n) is 11.2. The molecule has 0 aromatic carbocycles. The summed E-state index contributed by atoms with van der Waals surface area (Å²) in [5.41, 5.74) is 2.70. The Morgan fingerprint density at radius 1 is 1.50 bits per heavy atom. The predicted molar refractivity (Wildman–Crippen MR) is 74.7 cm³/mol. The van der Waals surface area contributed by atoms with Gasteiger partial charge < -0.3 is 4.90 Å². The fourth-order valence-corrected chi connectivity index (χ4v) is 2.24. The van der Waals surface area contributed by atoms with Crippen LogP contribution in [0.2, 0.25) is 0 Å². The Balaban J connectivity index is 4.48. The van der Waals surface area contributed by atoms with Crippen LogP contribution in [0, 0.1) is 5.92 Å². The van der Waals surface area contributed by atoms with Crippen LogP contribution < -0.4 is 11.3 Å². The number of hydrazine groups is 1. The molecule has 0 radical (unpaired) electrons. The molecule has 16 heavy (non-hydrogen) atoms. The quantitative estimate of drug-likeness (QED) is 0.323. The van der Waals surface area contributed by atoms with Gasteiger partial charge in [-0.1, -0.05) is 20.8 Å². The van der Waals surface area contributed by atoms with Crippen molar-refractivity contribution in [2.24, 2.45) is 16.8 Å². The predicted octanol–water partition coefficient (Wildman–Crippen LogP) is 1.54. The summed E-state index contributed by atoms with van der Waals surface area (Å²) in [5, 5.41) is 0. The lowest BCUT2D eigenvalue weighted by atomic mass is 10.2. The highest BCUT2D eigenvalue weighted by Gasteiger charge is 2.15. The maximum Gasteiger partial charge on any atom is 0.208 e. The van der Waals surface area contributed by atoms with E-state index in [9.17, 15) is 0 Å². The molecule has 0 saturated carbocycles. The van der Waals surface area contributed by atoms with E-state index in [-0.39, 0.29) is 0 Å². The largest absolute Gasteiger partial charge is 0.341 e. The van der Waals surface area contributed by atoms with E-state index in [1.165, 1.54) is 0 Å². The molecular weight excluding hydrogens is 220 g/mol. The van der Waals surface area contributed by atoms with Gasteiger partial charge in [0.15, 0.2) is 0 Å². The van der Waals surface area contributed by atoms with Crippen LogP contribution in [-0.4, -0.2) is 42.5 Å². The second kappa shape index (κ2) is 8.70. The smallest absolute Gasteiger partial charge is 0.208 e. The van der Waals surface area contributed by atoms with E-state index < -0.39 is 0 Å². The Bertz CT molecular complexity index is 206. The summed E-state index contributed by atoms with van der Waals surface area (Å²) in [6, 6.07) is 0.483. The first-order valence-corrected chi connectivity index (χ1v) is 7.18. The topological polar surface area (TPSA) is 53.6 Å². The molecule has 1 unspecified atom stereocenters. The summed E-state index contributed by atoms with van der Waals surface area (Å²) >= 11 is 1.85. The van der Waals surface area contributed by atoms with Gasteiger partial charge in [-0.3, -0.25) is 10.4 Å². The van der Waals surface area contributed by atoms with Gasteiger partial charge in [-0.25, -0.2) is 5.84 Å². The molecule has 0 aromatic rings. The summed E-state index contributed by atoms with van der Waals surface area (Å²) in [5.74, 6) is 7.95. The van der Waals surface area contributed by atoms with Gasteiger partial charge in [0.25, 0.3) is 0 Å². The average Bonchev–Trinajstić information content (AvgIpc) is 2.26. The van der Waals surface area contributed by atoms with Gasteiger partial charge in [0, 0.05) is 25.4 Å². The van der Waals surface area contributed by atoms with Crippen LogP contribution in [0.25, 0.3) is 0 Å². The summed E-state index contributed by atoms with van der Waals surface area (Å²) in [6.07, 6.45) is 3.22. The Morgan fingerprint density at radius 2 is 2.12 bits per heavy atom. The number of nitrogens with one attached hydrogen (secondary N) is 1. The molecule has 0 aliphatic rings. The van der Waals surface area contributed by atoms with Crippen molar-refractivity contribution in [3.8, 4) is 0 Å². The maximum absolute atomic E-state index is 5.52. The minimum absolute atomic E-state index is 0.483. The van der Waals surface area contributed by atoms with E-state index in [0.29, 0.717) is 12.0 Å². The van der Waals surface area contributed by atoms with E-state index in [2.05, 4.69) is 42.3 Å². The molecular formula is C11H26N4S. The Hall–Kier alpha value is -0.420. The molecule has 0 saturated heterocycles.